The molecule has 0 atom stereocenters. The van der Waals surface area contributed by atoms with E-state index in [0.717, 1.165) is 23.4 Å². The van der Waals surface area contributed by atoms with Gasteiger partial charge in [-0.05, 0) is 48.9 Å². The van der Waals surface area contributed by atoms with Crippen molar-refractivity contribution in [3.05, 3.63) is 59.4 Å². The lowest BCUT2D eigenvalue weighted by atomic mass is 10.1. The largest absolute Gasteiger partial charge is 0.331 e. The maximum atomic E-state index is 14.1. The number of halogens is 1. The van der Waals surface area contributed by atoms with Gasteiger partial charge in [0.25, 0.3) is 15.9 Å². The van der Waals surface area contributed by atoms with Gasteiger partial charge in [-0.1, -0.05) is 18.2 Å². The number of benzene rings is 2. The Balaban J connectivity index is 1.43. The average molecular weight is 432 g/mol. The summed E-state index contributed by atoms with van der Waals surface area (Å²) in [5.74, 6) is -0.472. The van der Waals surface area contributed by atoms with Crippen LogP contribution in [-0.2, 0) is 16.6 Å². The van der Waals surface area contributed by atoms with Gasteiger partial charge in [-0.15, -0.1) is 4.40 Å². The monoisotopic (exact) mass is 431 g/mol. The zero-order chi connectivity index (χ0) is 20.2. The van der Waals surface area contributed by atoms with Gasteiger partial charge in [0, 0.05) is 35.2 Å². The zero-order valence-corrected chi connectivity index (χ0v) is 17.0. The van der Waals surface area contributed by atoms with Crippen LogP contribution in [0.1, 0.15) is 28.8 Å². The molecule has 0 unspecified atom stereocenters. The Labute approximate surface area is 172 Å². The van der Waals surface area contributed by atoms with Crippen LogP contribution in [0.15, 0.2) is 51.8 Å². The van der Waals surface area contributed by atoms with Gasteiger partial charge in [0.15, 0.2) is 5.17 Å². The lowest BCUT2D eigenvalue weighted by molar-refractivity contribution is 0.0728. The fourth-order valence-electron chi connectivity index (χ4n) is 3.59. The molecule has 1 saturated carbocycles. The number of hydrogen-bond acceptors (Lipinski definition) is 5. The van der Waals surface area contributed by atoms with Crippen LogP contribution >= 0.6 is 11.8 Å². The molecule has 9 heteroatoms. The summed E-state index contributed by atoms with van der Waals surface area (Å²) in [7, 11) is -3.42. The quantitative estimate of drug-likeness (QED) is 0.743. The predicted molar refractivity (Wildman–Crippen MR) is 110 cm³/mol. The van der Waals surface area contributed by atoms with Gasteiger partial charge in [-0.3, -0.25) is 4.79 Å². The fraction of sp³-hybridized carbons (Fsp3) is 0.300. The van der Waals surface area contributed by atoms with Crippen molar-refractivity contribution in [3.8, 4) is 0 Å². The van der Waals surface area contributed by atoms with Gasteiger partial charge in [-0.25, -0.2) is 12.8 Å². The number of rotatable bonds is 4. The van der Waals surface area contributed by atoms with Crippen LogP contribution in [-0.4, -0.2) is 42.7 Å². The van der Waals surface area contributed by atoms with Crippen molar-refractivity contribution in [2.75, 3.05) is 17.2 Å². The predicted octanol–water partition coefficient (Wildman–Crippen LogP) is 3.24. The van der Waals surface area contributed by atoms with E-state index in [1.165, 1.54) is 17.8 Å². The minimum atomic E-state index is -3.42. The van der Waals surface area contributed by atoms with Gasteiger partial charge in [0.1, 0.15) is 5.82 Å². The van der Waals surface area contributed by atoms with E-state index >= 15 is 0 Å². The average Bonchev–Trinajstić information content (AvgIpc) is 3.46. The fourth-order valence-corrected chi connectivity index (χ4v) is 5.89. The van der Waals surface area contributed by atoms with Gasteiger partial charge in [0.05, 0.1) is 11.4 Å². The van der Waals surface area contributed by atoms with Gasteiger partial charge < -0.3 is 9.80 Å². The summed E-state index contributed by atoms with van der Waals surface area (Å²) in [6.07, 6.45) is 1.84. The molecule has 3 aliphatic rings. The van der Waals surface area contributed by atoms with E-state index in [0.29, 0.717) is 22.8 Å². The molecule has 29 heavy (non-hydrogen) atoms. The molecule has 150 valence electrons. The summed E-state index contributed by atoms with van der Waals surface area (Å²) in [5.41, 5.74) is 1.88. The first-order chi connectivity index (χ1) is 13.9. The Morgan fingerprint density at radius 1 is 1.24 bits per heavy atom. The third-order valence-corrected chi connectivity index (χ3v) is 7.57. The van der Waals surface area contributed by atoms with E-state index in [1.54, 1.807) is 35.2 Å². The molecule has 2 aromatic rings. The number of carbonyl (C=O) groups excluding carboxylic acids is 1. The Bertz CT molecular complexity index is 1150. The van der Waals surface area contributed by atoms with E-state index in [1.807, 2.05) is 11.0 Å². The molecule has 0 N–H and O–H groups in total. The number of amides is 1. The number of fused-ring (bicyclic) bond motifs is 3. The van der Waals surface area contributed by atoms with Gasteiger partial charge >= 0.3 is 0 Å². The molecular formula is C20H18FN3O3S2. The summed E-state index contributed by atoms with van der Waals surface area (Å²) < 4.78 is 41.5. The van der Waals surface area contributed by atoms with Crippen molar-refractivity contribution >= 4 is 38.5 Å². The number of nitrogens with zero attached hydrogens (tertiary/aromatic N) is 3. The standard InChI is InChI=1S/C20H18FN3O3S2/c21-16-4-2-1-3-14(16)12-24(15-6-7-15)19(25)13-5-8-17-18(11-13)28-20-22-29(26,27)10-9-23(17)20/h1-5,8,11,15H,6-7,9-10,12H2. The lowest BCUT2D eigenvalue weighted by Gasteiger charge is -2.24. The molecule has 2 aliphatic heterocycles. The molecule has 5 rings (SSSR count). The highest BCUT2D eigenvalue weighted by Crippen LogP contribution is 2.42. The Morgan fingerprint density at radius 3 is 2.79 bits per heavy atom. The first-order valence-corrected chi connectivity index (χ1v) is 11.8. The molecule has 0 saturated heterocycles. The van der Waals surface area contributed by atoms with Crippen molar-refractivity contribution in [3.63, 3.8) is 0 Å². The van der Waals surface area contributed by atoms with Crippen molar-refractivity contribution < 1.29 is 17.6 Å². The normalized spacial score (nSPS) is 19.3. The topological polar surface area (TPSA) is 70.0 Å². The van der Waals surface area contributed by atoms with Crippen LogP contribution in [0.25, 0.3) is 0 Å². The highest BCUT2D eigenvalue weighted by molar-refractivity contribution is 8.15. The third-order valence-electron chi connectivity index (χ3n) is 5.27. The molecule has 0 aromatic heterocycles. The minimum absolute atomic E-state index is 0.0186. The number of thioether (sulfide) groups is 1. The summed E-state index contributed by atoms with van der Waals surface area (Å²) >= 11 is 1.26. The maximum absolute atomic E-state index is 14.1. The second-order valence-corrected chi connectivity index (χ2v) is 10.1. The van der Waals surface area contributed by atoms with E-state index in [2.05, 4.69) is 4.40 Å². The first-order valence-electron chi connectivity index (χ1n) is 9.38. The van der Waals surface area contributed by atoms with Gasteiger partial charge in [-0.2, -0.15) is 0 Å². The Morgan fingerprint density at radius 2 is 2.03 bits per heavy atom. The molecule has 0 bridgehead atoms. The van der Waals surface area contributed by atoms with Crippen LogP contribution < -0.4 is 4.90 Å². The summed E-state index contributed by atoms with van der Waals surface area (Å²) in [6.45, 7) is 0.591. The van der Waals surface area contributed by atoms with Crippen LogP contribution in [0.2, 0.25) is 0 Å². The second-order valence-electron chi connectivity index (χ2n) is 7.35. The molecule has 1 aliphatic carbocycles. The van der Waals surface area contributed by atoms with Crippen molar-refractivity contribution in [1.29, 1.82) is 0 Å². The van der Waals surface area contributed by atoms with E-state index in [9.17, 15) is 17.6 Å². The number of hydrogen-bond donors (Lipinski definition) is 0. The molecule has 2 heterocycles. The Kier molecular flexibility index (Phi) is 4.40. The summed E-state index contributed by atoms with van der Waals surface area (Å²) in [5, 5.41) is 0.432. The highest BCUT2D eigenvalue weighted by Gasteiger charge is 2.36. The number of sulfonamides is 1. The first kappa shape index (κ1) is 18.6. The van der Waals surface area contributed by atoms with Crippen LogP contribution in [0.4, 0.5) is 10.1 Å². The lowest BCUT2D eigenvalue weighted by Crippen LogP contribution is -2.35. The second kappa shape index (κ2) is 6.84. The van der Waals surface area contributed by atoms with E-state index in [-0.39, 0.29) is 30.1 Å². The zero-order valence-electron chi connectivity index (χ0n) is 15.4. The molecule has 1 fully saturated rings. The molecule has 6 nitrogen and oxygen atoms in total. The van der Waals surface area contributed by atoms with Crippen molar-refractivity contribution in [2.24, 2.45) is 4.40 Å². The van der Waals surface area contributed by atoms with E-state index < -0.39 is 10.0 Å². The molecular weight excluding hydrogens is 413 g/mol. The molecule has 1 amide bonds. The van der Waals surface area contributed by atoms with E-state index in [4.69, 9.17) is 0 Å². The number of amidine groups is 1. The smallest absolute Gasteiger partial charge is 0.257 e. The summed E-state index contributed by atoms with van der Waals surface area (Å²) in [6, 6.07) is 12.0. The maximum Gasteiger partial charge on any atom is 0.257 e. The van der Waals surface area contributed by atoms with Gasteiger partial charge in [0.2, 0.25) is 0 Å². The highest BCUT2D eigenvalue weighted by atomic mass is 32.2. The van der Waals surface area contributed by atoms with Crippen LogP contribution in [0, 0.1) is 5.82 Å². The molecule has 0 radical (unpaired) electrons. The Hall–Kier alpha value is -2.39. The third kappa shape index (κ3) is 3.53. The molecule has 2 aromatic carbocycles. The molecule has 0 spiro atoms. The number of anilines is 1. The minimum Gasteiger partial charge on any atom is -0.331 e. The van der Waals surface area contributed by atoms with Crippen LogP contribution in [0.5, 0.6) is 0 Å². The van der Waals surface area contributed by atoms with Crippen molar-refractivity contribution in [2.45, 2.75) is 30.3 Å². The van der Waals surface area contributed by atoms with Crippen molar-refractivity contribution in [1.82, 2.24) is 4.90 Å². The SMILES string of the molecule is O=C(c1ccc2c(c1)SC1=NS(=O)(=O)CCN12)N(Cc1ccccc1F)C1CC1. The number of carbonyl (C=O) groups is 1. The summed E-state index contributed by atoms with van der Waals surface area (Å²) in [4.78, 5) is 17.6. The van der Waals surface area contributed by atoms with Crippen LogP contribution in [0.3, 0.4) is 0 Å².